The van der Waals surface area contributed by atoms with Gasteiger partial charge in [0, 0.05) is 18.4 Å². The second-order valence-corrected chi connectivity index (χ2v) is 7.60. The second-order valence-electron chi connectivity index (χ2n) is 6.84. The fourth-order valence-electron chi connectivity index (χ4n) is 4.16. The molecule has 4 fully saturated rings. The summed E-state index contributed by atoms with van der Waals surface area (Å²) in [7, 11) is 0. The zero-order valence-corrected chi connectivity index (χ0v) is 13.9. The maximum Gasteiger partial charge on any atom is 0.155 e. The summed E-state index contributed by atoms with van der Waals surface area (Å²) in [5.74, 6) is 2.27. The van der Waals surface area contributed by atoms with Crippen molar-refractivity contribution in [2.45, 2.75) is 31.8 Å². The quantitative estimate of drug-likeness (QED) is 0.870. The Morgan fingerprint density at radius 3 is 3.04 bits per heavy atom. The number of hydroxylamine groups is 1. The van der Waals surface area contributed by atoms with Gasteiger partial charge >= 0.3 is 0 Å². The van der Waals surface area contributed by atoms with Crippen molar-refractivity contribution in [3.8, 4) is 0 Å². The summed E-state index contributed by atoms with van der Waals surface area (Å²) in [5.41, 5.74) is 4.02. The summed E-state index contributed by atoms with van der Waals surface area (Å²) in [6, 6.07) is 4.01. The van der Waals surface area contributed by atoms with Crippen molar-refractivity contribution >= 4 is 33.4 Å². The lowest BCUT2D eigenvalue weighted by molar-refractivity contribution is -0.150. The van der Waals surface area contributed by atoms with Crippen molar-refractivity contribution in [2.24, 2.45) is 10.9 Å². The average Bonchev–Trinajstić information content (AvgIpc) is 3.13. The third-order valence-corrected chi connectivity index (χ3v) is 6.26. The SMILES string of the molecule is Cc1nsc2nc(N=C3CC4(CN5CCC4CC5)ON3)ccc12. The molecule has 1 N–H and O–H groups in total. The first-order valence-electron chi connectivity index (χ1n) is 8.19. The molecule has 4 saturated heterocycles. The van der Waals surface area contributed by atoms with Gasteiger partial charge in [-0.2, -0.15) is 4.37 Å². The second kappa shape index (κ2) is 4.96. The molecule has 6 rings (SSSR count). The maximum atomic E-state index is 6.03. The van der Waals surface area contributed by atoms with Crippen molar-refractivity contribution in [3.63, 3.8) is 0 Å². The number of hydrogen-bond acceptors (Lipinski definition) is 6. The lowest BCUT2D eigenvalue weighted by atomic mass is 9.74. The zero-order chi connectivity index (χ0) is 15.4. The van der Waals surface area contributed by atoms with E-state index in [1.54, 1.807) is 0 Å². The molecular weight excluding hydrogens is 310 g/mol. The molecule has 2 bridgehead atoms. The highest BCUT2D eigenvalue weighted by molar-refractivity contribution is 7.12. The molecule has 1 spiro atoms. The number of amidine groups is 1. The highest BCUT2D eigenvalue weighted by Crippen LogP contribution is 2.42. The Balaban J connectivity index is 1.42. The van der Waals surface area contributed by atoms with Crippen LogP contribution < -0.4 is 5.48 Å². The van der Waals surface area contributed by atoms with E-state index in [1.807, 2.05) is 13.0 Å². The number of piperidine rings is 3. The number of pyridine rings is 1. The van der Waals surface area contributed by atoms with E-state index in [0.29, 0.717) is 5.92 Å². The molecule has 4 aliphatic rings. The van der Waals surface area contributed by atoms with E-state index in [1.165, 1.54) is 37.5 Å². The first-order valence-corrected chi connectivity index (χ1v) is 8.96. The summed E-state index contributed by atoms with van der Waals surface area (Å²) in [4.78, 5) is 18.8. The van der Waals surface area contributed by atoms with Crippen LogP contribution in [0.3, 0.4) is 0 Å². The number of fused-ring (bicyclic) bond motifs is 3. The van der Waals surface area contributed by atoms with Gasteiger partial charge < -0.3 is 4.90 Å². The smallest absolute Gasteiger partial charge is 0.155 e. The van der Waals surface area contributed by atoms with Gasteiger partial charge in [0.25, 0.3) is 0 Å². The molecule has 0 radical (unpaired) electrons. The lowest BCUT2D eigenvalue weighted by Crippen LogP contribution is -2.59. The molecule has 1 atom stereocenters. The van der Waals surface area contributed by atoms with Gasteiger partial charge in [0.05, 0.1) is 5.69 Å². The minimum absolute atomic E-state index is 0.0828. The molecule has 0 aliphatic carbocycles. The largest absolute Gasteiger partial charge is 0.300 e. The normalized spacial score (nSPS) is 34.6. The van der Waals surface area contributed by atoms with Gasteiger partial charge in [-0.15, -0.1) is 0 Å². The number of rotatable bonds is 1. The molecule has 120 valence electrons. The van der Waals surface area contributed by atoms with Gasteiger partial charge in [-0.3, -0.25) is 10.3 Å². The first-order chi connectivity index (χ1) is 11.2. The lowest BCUT2D eigenvalue weighted by Gasteiger charge is -2.49. The molecule has 4 aliphatic heterocycles. The van der Waals surface area contributed by atoms with Crippen LogP contribution >= 0.6 is 11.5 Å². The average molecular weight is 329 g/mol. The molecule has 0 saturated carbocycles. The molecule has 7 heteroatoms. The molecule has 23 heavy (non-hydrogen) atoms. The highest BCUT2D eigenvalue weighted by atomic mass is 32.1. The van der Waals surface area contributed by atoms with Crippen LogP contribution in [0.4, 0.5) is 5.82 Å². The van der Waals surface area contributed by atoms with E-state index in [0.717, 1.165) is 40.5 Å². The van der Waals surface area contributed by atoms with E-state index < -0.39 is 0 Å². The van der Waals surface area contributed by atoms with Gasteiger partial charge in [-0.25, -0.2) is 9.98 Å². The molecule has 0 aromatic carbocycles. The van der Waals surface area contributed by atoms with Gasteiger partial charge in [0.1, 0.15) is 16.3 Å². The van der Waals surface area contributed by atoms with Crippen molar-refractivity contribution in [1.82, 2.24) is 19.7 Å². The van der Waals surface area contributed by atoms with Crippen LogP contribution in [0.25, 0.3) is 10.2 Å². The minimum atomic E-state index is -0.0828. The number of aryl methyl sites for hydroxylation is 1. The molecule has 2 aromatic heterocycles. The Hall–Kier alpha value is -1.57. The minimum Gasteiger partial charge on any atom is -0.300 e. The van der Waals surface area contributed by atoms with Gasteiger partial charge in [0.15, 0.2) is 5.82 Å². The Labute approximate surface area is 138 Å². The number of nitrogens with zero attached hydrogens (tertiary/aromatic N) is 4. The molecule has 6 heterocycles. The highest BCUT2D eigenvalue weighted by Gasteiger charge is 2.52. The maximum absolute atomic E-state index is 6.03. The fourth-order valence-corrected chi connectivity index (χ4v) is 4.93. The zero-order valence-electron chi connectivity index (χ0n) is 13.1. The summed E-state index contributed by atoms with van der Waals surface area (Å²) in [6.07, 6.45) is 3.33. The van der Waals surface area contributed by atoms with Crippen LogP contribution in [0.15, 0.2) is 17.1 Å². The van der Waals surface area contributed by atoms with Crippen LogP contribution in [-0.2, 0) is 4.84 Å². The first kappa shape index (κ1) is 13.8. The summed E-state index contributed by atoms with van der Waals surface area (Å²) < 4.78 is 4.35. The fraction of sp³-hybridized carbons (Fsp3) is 0.562. The molecule has 2 aromatic rings. The van der Waals surface area contributed by atoms with E-state index >= 15 is 0 Å². The van der Waals surface area contributed by atoms with E-state index in [-0.39, 0.29) is 5.60 Å². The van der Waals surface area contributed by atoms with Crippen LogP contribution in [-0.4, -0.2) is 45.3 Å². The Morgan fingerprint density at radius 1 is 1.39 bits per heavy atom. The van der Waals surface area contributed by atoms with Crippen molar-refractivity contribution < 1.29 is 4.84 Å². The Kier molecular flexibility index (Phi) is 2.98. The summed E-state index contributed by atoms with van der Waals surface area (Å²) >= 11 is 1.43. The molecule has 0 amide bonds. The predicted octanol–water partition coefficient (Wildman–Crippen LogP) is 2.42. The van der Waals surface area contributed by atoms with Gasteiger partial charge in [-0.1, -0.05) is 0 Å². The van der Waals surface area contributed by atoms with Crippen molar-refractivity contribution in [3.05, 3.63) is 17.8 Å². The van der Waals surface area contributed by atoms with Crippen LogP contribution in [0.1, 0.15) is 25.0 Å². The molecule has 6 nitrogen and oxygen atoms in total. The number of hydrogen-bond donors (Lipinski definition) is 1. The third kappa shape index (κ3) is 2.18. The van der Waals surface area contributed by atoms with Crippen LogP contribution in [0.2, 0.25) is 0 Å². The van der Waals surface area contributed by atoms with Crippen LogP contribution in [0, 0.1) is 12.8 Å². The number of aliphatic imine (C=N–C) groups is 1. The predicted molar refractivity (Wildman–Crippen MR) is 90.0 cm³/mol. The molecular formula is C16H19N5OS. The third-order valence-electron chi connectivity index (χ3n) is 5.42. The van der Waals surface area contributed by atoms with E-state index in [2.05, 4.69) is 30.8 Å². The van der Waals surface area contributed by atoms with E-state index in [4.69, 9.17) is 4.84 Å². The monoisotopic (exact) mass is 329 g/mol. The Bertz CT molecular complexity index is 795. The topological polar surface area (TPSA) is 62.6 Å². The summed E-state index contributed by atoms with van der Waals surface area (Å²) in [5, 5.41) is 1.11. The standard InChI is InChI=1S/C16H19N5OS/c1-10-12-2-3-13(18-15(12)23-20-10)17-14-8-16(22-19-14)9-21-6-4-11(16)5-7-21/h2-3,11H,4-9H2,1H3,(H,17,18,19). The number of aromatic nitrogens is 2. The van der Waals surface area contributed by atoms with Crippen LogP contribution in [0.5, 0.6) is 0 Å². The van der Waals surface area contributed by atoms with Gasteiger partial charge in [-0.05, 0) is 62.4 Å². The Morgan fingerprint density at radius 2 is 2.26 bits per heavy atom. The number of nitrogens with one attached hydrogen (secondary N) is 1. The van der Waals surface area contributed by atoms with Crippen molar-refractivity contribution in [2.75, 3.05) is 19.6 Å². The van der Waals surface area contributed by atoms with Crippen molar-refractivity contribution in [1.29, 1.82) is 0 Å². The molecule has 1 unspecified atom stereocenters. The summed E-state index contributed by atoms with van der Waals surface area (Å²) in [6.45, 7) is 5.45. The van der Waals surface area contributed by atoms with E-state index in [9.17, 15) is 0 Å². The van der Waals surface area contributed by atoms with Gasteiger partial charge in [0.2, 0.25) is 0 Å².